The van der Waals surface area contributed by atoms with Crippen molar-refractivity contribution in [1.82, 2.24) is 15.2 Å². The summed E-state index contributed by atoms with van der Waals surface area (Å²) in [5.74, 6) is -0.349. The van der Waals surface area contributed by atoms with Gasteiger partial charge in [0.05, 0.1) is 0 Å². The zero-order valence-corrected chi connectivity index (χ0v) is 13.0. The van der Waals surface area contributed by atoms with E-state index in [1.807, 2.05) is 4.90 Å². The van der Waals surface area contributed by atoms with Crippen molar-refractivity contribution in [2.45, 2.75) is 25.7 Å². The minimum absolute atomic E-state index is 0.0891. The smallest absolute Gasteiger partial charge is 0.272 e. The predicted octanol–water partition coefficient (Wildman–Crippen LogP) is 1.47. The number of hydrogen-bond acceptors (Lipinski definition) is 4. The van der Waals surface area contributed by atoms with Gasteiger partial charge in [0.15, 0.2) is 0 Å². The van der Waals surface area contributed by atoms with Crippen LogP contribution >= 0.6 is 0 Å². The zero-order valence-electron chi connectivity index (χ0n) is 13.0. The summed E-state index contributed by atoms with van der Waals surface area (Å²) < 4.78 is 4.93. The Morgan fingerprint density at radius 2 is 1.95 bits per heavy atom. The first-order valence-electron chi connectivity index (χ1n) is 7.76. The van der Waals surface area contributed by atoms with Crippen LogP contribution in [0.5, 0.6) is 0 Å². The molecule has 120 valence electrons. The van der Waals surface area contributed by atoms with Crippen molar-refractivity contribution in [3.05, 3.63) is 29.6 Å². The van der Waals surface area contributed by atoms with Gasteiger partial charge in [0.1, 0.15) is 11.4 Å². The van der Waals surface area contributed by atoms with Crippen LogP contribution < -0.4 is 5.32 Å². The van der Waals surface area contributed by atoms with Gasteiger partial charge in [-0.3, -0.25) is 9.59 Å². The summed E-state index contributed by atoms with van der Waals surface area (Å²) >= 11 is 0. The zero-order chi connectivity index (χ0) is 15.8. The highest BCUT2D eigenvalue weighted by Crippen LogP contribution is 2.12. The van der Waals surface area contributed by atoms with E-state index in [1.54, 1.807) is 25.3 Å². The van der Waals surface area contributed by atoms with E-state index in [0.29, 0.717) is 18.8 Å². The Balaban J connectivity index is 1.96. The lowest BCUT2D eigenvalue weighted by Crippen LogP contribution is -2.36. The molecule has 1 aliphatic heterocycles. The monoisotopic (exact) mass is 305 g/mol. The molecule has 1 aliphatic rings. The second kappa shape index (κ2) is 8.48. The highest BCUT2D eigenvalue weighted by molar-refractivity contribution is 5.96. The molecule has 0 radical (unpaired) electrons. The summed E-state index contributed by atoms with van der Waals surface area (Å²) in [5.41, 5.74) is 0.617. The normalized spacial score (nSPS) is 14.7. The first-order valence-corrected chi connectivity index (χ1v) is 7.76. The minimum atomic E-state index is -0.260. The highest BCUT2D eigenvalue weighted by Gasteiger charge is 2.20. The van der Waals surface area contributed by atoms with Crippen LogP contribution in [0.3, 0.4) is 0 Å². The van der Waals surface area contributed by atoms with Gasteiger partial charge in [-0.15, -0.1) is 0 Å². The van der Waals surface area contributed by atoms with Gasteiger partial charge in [-0.05, 0) is 37.8 Å². The summed E-state index contributed by atoms with van der Waals surface area (Å²) in [5, 5.41) is 2.77. The largest absolute Gasteiger partial charge is 0.385 e. The van der Waals surface area contributed by atoms with Gasteiger partial charge in [-0.1, -0.05) is 6.07 Å². The van der Waals surface area contributed by atoms with E-state index in [-0.39, 0.29) is 17.5 Å². The maximum atomic E-state index is 12.4. The molecule has 0 bridgehead atoms. The summed E-state index contributed by atoms with van der Waals surface area (Å²) in [6, 6.07) is 4.99. The van der Waals surface area contributed by atoms with Crippen molar-refractivity contribution in [2.24, 2.45) is 0 Å². The van der Waals surface area contributed by atoms with E-state index in [1.165, 1.54) is 6.42 Å². The Kier molecular flexibility index (Phi) is 6.33. The summed E-state index contributed by atoms with van der Waals surface area (Å²) in [7, 11) is 1.62. The second-order valence-corrected chi connectivity index (χ2v) is 5.36. The number of piperidine rings is 1. The predicted molar refractivity (Wildman–Crippen MR) is 82.8 cm³/mol. The van der Waals surface area contributed by atoms with E-state index in [9.17, 15) is 9.59 Å². The van der Waals surface area contributed by atoms with Crippen molar-refractivity contribution in [1.29, 1.82) is 0 Å². The molecule has 0 spiro atoms. The lowest BCUT2D eigenvalue weighted by Gasteiger charge is -2.26. The molecule has 0 unspecified atom stereocenters. The van der Waals surface area contributed by atoms with Crippen LogP contribution in [0.25, 0.3) is 0 Å². The van der Waals surface area contributed by atoms with Crippen LogP contribution in [0.4, 0.5) is 0 Å². The fourth-order valence-electron chi connectivity index (χ4n) is 2.45. The van der Waals surface area contributed by atoms with Gasteiger partial charge in [0, 0.05) is 33.4 Å². The average molecular weight is 305 g/mol. The highest BCUT2D eigenvalue weighted by atomic mass is 16.5. The minimum Gasteiger partial charge on any atom is -0.385 e. The maximum absolute atomic E-state index is 12.4. The molecular formula is C16H23N3O3. The molecule has 1 saturated heterocycles. The van der Waals surface area contributed by atoms with Crippen LogP contribution in [0.15, 0.2) is 18.2 Å². The van der Waals surface area contributed by atoms with Crippen LogP contribution in [0, 0.1) is 0 Å². The Labute approximate surface area is 130 Å². The lowest BCUT2D eigenvalue weighted by atomic mass is 10.1. The molecule has 2 amide bonds. The number of nitrogens with zero attached hydrogens (tertiary/aromatic N) is 2. The maximum Gasteiger partial charge on any atom is 0.272 e. The molecule has 1 N–H and O–H groups in total. The van der Waals surface area contributed by atoms with Gasteiger partial charge in [-0.25, -0.2) is 4.98 Å². The number of likely N-dealkylation sites (tertiary alicyclic amines) is 1. The third kappa shape index (κ3) is 4.53. The molecule has 6 nitrogen and oxygen atoms in total. The molecule has 2 heterocycles. The van der Waals surface area contributed by atoms with E-state index >= 15 is 0 Å². The molecule has 22 heavy (non-hydrogen) atoms. The summed E-state index contributed by atoms with van der Waals surface area (Å²) in [6.07, 6.45) is 3.98. The molecule has 1 fully saturated rings. The molecule has 0 atom stereocenters. The summed E-state index contributed by atoms with van der Waals surface area (Å²) in [4.78, 5) is 30.4. The number of aromatic nitrogens is 1. The average Bonchev–Trinajstić information content (AvgIpc) is 2.59. The molecule has 0 aromatic carbocycles. The van der Waals surface area contributed by atoms with Crippen molar-refractivity contribution >= 4 is 11.8 Å². The van der Waals surface area contributed by atoms with E-state index < -0.39 is 0 Å². The second-order valence-electron chi connectivity index (χ2n) is 5.36. The Bertz CT molecular complexity index is 513. The summed E-state index contributed by atoms with van der Waals surface area (Å²) in [6.45, 7) is 2.67. The number of carbonyl (C=O) groups excluding carboxylic acids is 2. The van der Waals surface area contributed by atoms with Crippen molar-refractivity contribution < 1.29 is 14.3 Å². The van der Waals surface area contributed by atoms with Crippen molar-refractivity contribution in [3.8, 4) is 0 Å². The number of methoxy groups -OCH3 is 1. The van der Waals surface area contributed by atoms with Crippen molar-refractivity contribution in [2.75, 3.05) is 33.4 Å². The van der Waals surface area contributed by atoms with E-state index in [0.717, 1.165) is 32.4 Å². The van der Waals surface area contributed by atoms with Gasteiger partial charge >= 0.3 is 0 Å². The topological polar surface area (TPSA) is 71.5 Å². The Hall–Kier alpha value is -1.95. The molecule has 1 aromatic heterocycles. The van der Waals surface area contributed by atoms with Crippen LogP contribution in [-0.2, 0) is 4.74 Å². The SMILES string of the molecule is COCCCNC(=O)c1cccc(C(=O)N2CCCCC2)n1. The molecule has 1 aromatic rings. The first-order chi connectivity index (χ1) is 10.7. The number of pyridine rings is 1. The fraction of sp³-hybridized carbons (Fsp3) is 0.562. The van der Waals surface area contributed by atoms with Gasteiger partial charge in [0.25, 0.3) is 11.8 Å². The first kappa shape index (κ1) is 16.4. The number of amides is 2. The molecule has 0 saturated carbocycles. The third-order valence-electron chi connectivity index (χ3n) is 3.65. The number of carbonyl (C=O) groups is 2. The number of rotatable bonds is 6. The van der Waals surface area contributed by atoms with Crippen LogP contribution in [0.1, 0.15) is 46.7 Å². The molecular weight excluding hydrogens is 282 g/mol. The molecule has 6 heteroatoms. The number of nitrogens with one attached hydrogen (secondary N) is 1. The standard InChI is InChI=1S/C16H23N3O3/c1-22-12-6-9-17-15(20)13-7-5-8-14(18-13)16(21)19-10-3-2-4-11-19/h5,7-8H,2-4,6,9-12H2,1H3,(H,17,20). The molecule has 0 aliphatic carbocycles. The number of ether oxygens (including phenoxy) is 1. The van der Waals surface area contributed by atoms with Crippen LogP contribution in [0.2, 0.25) is 0 Å². The quantitative estimate of drug-likeness (QED) is 0.808. The van der Waals surface area contributed by atoms with Crippen LogP contribution in [-0.4, -0.2) is 55.0 Å². The van der Waals surface area contributed by atoms with E-state index in [2.05, 4.69) is 10.3 Å². The molecule has 2 rings (SSSR count). The fourth-order valence-corrected chi connectivity index (χ4v) is 2.45. The Morgan fingerprint density at radius 3 is 2.68 bits per heavy atom. The third-order valence-corrected chi connectivity index (χ3v) is 3.65. The van der Waals surface area contributed by atoms with Gasteiger partial charge in [0.2, 0.25) is 0 Å². The Morgan fingerprint density at radius 1 is 1.23 bits per heavy atom. The van der Waals surface area contributed by atoms with Gasteiger partial charge in [-0.2, -0.15) is 0 Å². The van der Waals surface area contributed by atoms with E-state index in [4.69, 9.17) is 4.74 Å². The van der Waals surface area contributed by atoms with Gasteiger partial charge < -0.3 is 15.0 Å². The lowest BCUT2D eigenvalue weighted by molar-refractivity contribution is 0.0718. The number of hydrogen-bond donors (Lipinski definition) is 1. The van der Waals surface area contributed by atoms with Crippen molar-refractivity contribution in [3.63, 3.8) is 0 Å².